The Balaban J connectivity index is 0.00000312. The maximum atomic E-state index is 5.43. The summed E-state index contributed by atoms with van der Waals surface area (Å²) in [6.07, 6.45) is 6.00. The zero-order valence-electron chi connectivity index (χ0n) is 15.4. The van der Waals surface area contributed by atoms with Crippen molar-refractivity contribution in [1.29, 1.82) is 0 Å². The van der Waals surface area contributed by atoms with Crippen molar-refractivity contribution < 1.29 is 4.74 Å². The number of halogens is 1. The van der Waals surface area contributed by atoms with Gasteiger partial charge >= 0.3 is 0 Å². The lowest BCUT2D eigenvalue weighted by Crippen LogP contribution is -2.37. The van der Waals surface area contributed by atoms with Crippen LogP contribution in [-0.2, 0) is 20.0 Å². The molecule has 0 atom stereocenters. The molecule has 1 heterocycles. The van der Waals surface area contributed by atoms with Gasteiger partial charge in [0.1, 0.15) is 5.75 Å². The third-order valence-corrected chi connectivity index (χ3v) is 3.81. The summed E-state index contributed by atoms with van der Waals surface area (Å²) < 4.78 is 7.26. The molecule has 2 aromatic rings. The second-order valence-electron chi connectivity index (χ2n) is 5.79. The molecule has 2 rings (SSSR count). The highest BCUT2D eigenvalue weighted by atomic mass is 127. The average molecular weight is 457 g/mol. The van der Waals surface area contributed by atoms with Gasteiger partial charge < -0.3 is 15.4 Å². The number of aromatic nitrogens is 2. The lowest BCUT2D eigenvalue weighted by atomic mass is 10.1. The lowest BCUT2D eigenvalue weighted by molar-refractivity contribution is 0.408. The van der Waals surface area contributed by atoms with Gasteiger partial charge in [-0.1, -0.05) is 12.1 Å². The monoisotopic (exact) mass is 457 g/mol. The van der Waals surface area contributed by atoms with Crippen LogP contribution in [0.5, 0.6) is 5.75 Å². The molecule has 0 bridgehead atoms. The van der Waals surface area contributed by atoms with Gasteiger partial charge in [-0.15, -0.1) is 24.0 Å². The molecule has 6 nitrogen and oxygen atoms in total. The summed E-state index contributed by atoms with van der Waals surface area (Å²) in [6, 6.07) is 6.21. The van der Waals surface area contributed by atoms with Crippen molar-refractivity contribution in [3.05, 3.63) is 47.3 Å². The van der Waals surface area contributed by atoms with Gasteiger partial charge in [0.25, 0.3) is 0 Å². The molecule has 25 heavy (non-hydrogen) atoms. The molecule has 0 unspecified atom stereocenters. The van der Waals surface area contributed by atoms with E-state index in [0.29, 0.717) is 6.54 Å². The van der Waals surface area contributed by atoms with E-state index in [0.717, 1.165) is 36.7 Å². The van der Waals surface area contributed by atoms with Crippen LogP contribution in [0.2, 0.25) is 0 Å². The fourth-order valence-electron chi connectivity index (χ4n) is 2.50. The van der Waals surface area contributed by atoms with E-state index in [1.165, 1.54) is 11.1 Å². The highest BCUT2D eigenvalue weighted by Gasteiger charge is 2.04. The molecular formula is C18H28IN5O. The Morgan fingerprint density at radius 1 is 1.32 bits per heavy atom. The predicted molar refractivity (Wildman–Crippen MR) is 113 cm³/mol. The average Bonchev–Trinajstić information content (AvgIpc) is 3.00. The number of hydrogen-bond donors (Lipinski definition) is 2. The molecule has 0 aliphatic heterocycles. The summed E-state index contributed by atoms with van der Waals surface area (Å²) in [5.74, 6) is 1.69. The Morgan fingerprint density at radius 3 is 2.76 bits per heavy atom. The molecule has 0 radical (unpaired) electrons. The Bertz CT molecular complexity index is 684. The van der Waals surface area contributed by atoms with Crippen LogP contribution in [0.4, 0.5) is 0 Å². The lowest BCUT2D eigenvalue weighted by Gasteiger charge is -2.14. The van der Waals surface area contributed by atoms with E-state index in [1.54, 1.807) is 14.2 Å². The van der Waals surface area contributed by atoms with Crippen LogP contribution in [0, 0.1) is 6.92 Å². The minimum Gasteiger partial charge on any atom is -0.496 e. The van der Waals surface area contributed by atoms with E-state index in [4.69, 9.17) is 4.74 Å². The minimum atomic E-state index is 0. The van der Waals surface area contributed by atoms with Gasteiger partial charge in [-0.2, -0.15) is 5.10 Å². The molecule has 2 N–H and O–H groups in total. The molecule has 138 valence electrons. The first-order chi connectivity index (χ1) is 11.6. The van der Waals surface area contributed by atoms with Crippen LogP contribution in [0.15, 0.2) is 35.6 Å². The molecule has 0 aliphatic rings. The molecular weight excluding hydrogens is 429 g/mol. The zero-order valence-corrected chi connectivity index (χ0v) is 17.7. The molecule has 0 saturated carbocycles. The van der Waals surface area contributed by atoms with Gasteiger partial charge in [-0.05, 0) is 37.0 Å². The van der Waals surface area contributed by atoms with Crippen LogP contribution in [0.1, 0.15) is 23.1 Å². The molecule has 0 fully saturated rings. The Hall–Kier alpha value is -1.77. The minimum absolute atomic E-state index is 0. The van der Waals surface area contributed by atoms with Gasteiger partial charge in [0.2, 0.25) is 0 Å². The van der Waals surface area contributed by atoms with Crippen LogP contribution in [-0.4, -0.2) is 36.4 Å². The Kier molecular flexibility index (Phi) is 9.33. The van der Waals surface area contributed by atoms with Crippen LogP contribution in [0.3, 0.4) is 0 Å². The summed E-state index contributed by atoms with van der Waals surface area (Å²) in [7, 11) is 5.42. The fraction of sp³-hybridized carbons (Fsp3) is 0.444. The number of ether oxygens (including phenoxy) is 1. The van der Waals surface area contributed by atoms with Crippen LogP contribution in [0.25, 0.3) is 0 Å². The number of aliphatic imine (C=N–C) groups is 1. The molecule has 1 aromatic carbocycles. The van der Waals surface area contributed by atoms with Crippen molar-refractivity contribution in [2.75, 3.05) is 20.7 Å². The van der Waals surface area contributed by atoms with Crippen molar-refractivity contribution in [2.45, 2.75) is 26.3 Å². The van der Waals surface area contributed by atoms with Crippen molar-refractivity contribution in [2.24, 2.45) is 12.0 Å². The standard InChI is InChI=1S/C18H27N5O.HI/c1-14-7-8-16(17(10-14)24-4)12-21-18(19-2)20-9-5-6-15-11-22-23(3)13-15;/h7-8,10-11,13H,5-6,9,12H2,1-4H3,(H2,19,20,21);1H. The fourth-order valence-corrected chi connectivity index (χ4v) is 2.50. The van der Waals surface area contributed by atoms with Gasteiger partial charge in [-0.25, -0.2) is 0 Å². The third-order valence-electron chi connectivity index (χ3n) is 3.81. The number of rotatable bonds is 7. The molecule has 1 aromatic heterocycles. The summed E-state index contributed by atoms with van der Waals surface area (Å²) in [5.41, 5.74) is 3.56. The quantitative estimate of drug-likeness (QED) is 0.291. The first kappa shape index (κ1) is 21.3. The molecule has 0 spiro atoms. The topological polar surface area (TPSA) is 63.5 Å². The number of hydrogen-bond acceptors (Lipinski definition) is 3. The molecule has 0 saturated heterocycles. The highest BCUT2D eigenvalue weighted by molar-refractivity contribution is 14.0. The number of nitrogens with zero attached hydrogens (tertiary/aromatic N) is 3. The van der Waals surface area contributed by atoms with E-state index in [2.05, 4.69) is 46.0 Å². The first-order valence-electron chi connectivity index (χ1n) is 8.18. The van der Waals surface area contributed by atoms with E-state index in [9.17, 15) is 0 Å². The van der Waals surface area contributed by atoms with Gasteiger partial charge in [0.15, 0.2) is 5.96 Å². The number of methoxy groups -OCH3 is 1. The number of aryl methyl sites for hydroxylation is 3. The van der Waals surface area contributed by atoms with Crippen molar-refractivity contribution in [3.63, 3.8) is 0 Å². The smallest absolute Gasteiger partial charge is 0.191 e. The second-order valence-corrected chi connectivity index (χ2v) is 5.79. The van der Waals surface area contributed by atoms with Crippen LogP contribution < -0.4 is 15.4 Å². The van der Waals surface area contributed by atoms with E-state index >= 15 is 0 Å². The SMILES string of the molecule is CN=C(NCCCc1cnn(C)c1)NCc1ccc(C)cc1OC.I. The third kappa shape index (κ3) is 6.93. The van der Waals surface area contributed by atoms with Gasteiger partial charge in [0, 0.05) is 38.9 Å². The normalized spacial score (nSPS) is 11.0. The number of guanidine groups is 1. The van der Waals surface area contributed by atoms with E-state index in [1.807, 2.05) is 24.0 Å². The second kappa shape index (κ2) is 11.0. The molecule has 0 amide bonds. The Morgan fingerprint density at radius 2 is 2.12 bits per heavy atom. The largest absolute Gasteiger partial charge is 0.496 e. The first-order valence-corrected chi connectivity index (χ1v) is 8.18. The van der Waals surface area contributed by atoms with Crippen molar-refractivity contribution >= 4 is 29.9 Å². The van der Waals surface area contributed by atoms with Gasteiger partial charge in [-0.3, -0.25) is 9.67 Å². The van der Waals surface area contributed by atoms with Crippen LogP contribution >= 0.6 is 24.0 Å². The summed E-state index contributed by atoms with van der Waals surface area (Å²) >= 11 is 0. The summed E-state index contributed by atoms with van der Waals surface area (Å²) in [5, 5.41) is 10.8. The Labute approximate surface area is 167 Å². The van der Waals surface area contributed by atoms with Crippen molar-refractivity contribution in [1.82, 2.24) is 20.4 Å². The number of benzene rings is 1. The maximum Gasteiger partial charge on any atom is 0.191 e. The molecule has 7 heteroatoms. The zero-order chi connectivity index (χ0) is 17.4. The van der Waals surface area contributed by atoms with Gasteiger partial charge in [0.05, 0.1) is 13.3 Å². The van der Waals surface area contributed by atoms with Crippen molar-refractivity contribution in [3.8, 4) is 5.75 Å². The van der Waals surface area contributed by atoms with E-state index < -0.39 is 0 Å². The summed E-state index contributed by atoms with van der Waals surface area (Å²) in [4.78, 5) is 4.26. The summed E-state index contributed by atoms with van der Waals surface area (Å²) in [6.45, 7) is 3.59. The number of nitrogens with one attached hydrogen (secondary N) is 2. The van der Waals surface area contributed by atoms with E-state index in [-0.39, 0.29) is 24.0 Å². The maximum absolute atomic E-state index is 5.43. The highest BCUT2D eigenvalue weighted by Crippen LogP contribution is 2.19. The predicted octanol–water partition coefficient (Wildman–Crippen LogP) is 2.65. The molecule has 0 aliphatic carbocycles.